The number of hydrogen-bond acceptors (Lipinski definition) is 4. The summed E-state index contributed by atoms with van der Waals surface area (Å²) in [6.07, 6.45) is 4.37. The maximum Gasteiger partial charge on any atom is 0.345 e. The Morgan fingerprint density at radius 2 is 1.68 bits per heavy atom. The molecule has 0 radical (unpaired) electrons. The second-order valence-electron chi connectivity index (χ2n) is 6.96. The minimum absolute atomic E-state index is 0.171. The molecule has 0 saturated heterocycles. The lowest BCUT2D eigenvalue weighted by atomic mass is 9.94. The second-order valence-corrected chi connectivity index (χ2v) is 8.06. The van der Waals surface area contributed by atoms with Gasteiger partial charge in [-0.2, -0.15) is 0 Å². The van der Waals surface area contributed by atoms with E-state index in [1.165, 1.54) is 4.88 Å². The zero-order chi connectivity index (χ0) is 19.5. The molecule has 1 aliphatic rings. The summed E-state index contributed by atoms with van der Waals surface area (Å²) in [7, 11) is 0. The fraction of sp³-hybridized carbons (Fsp3) is 0.217. The minimum atomic E-state index is -0.387. The van der Waals surface area contributed by atoms with E-state index in [1.807, 2.05) is 30.3 Å². The number of benzene rings is 2. The van der Waals surface area contributed by atoms with Crippen molar-refractivity contribution < 1.29 is 14.3 Å². The Kier molecular flexibility index (Phi) is 5.26. The third-order valence-electron chi connectivity index (χ3n) is 4.92. The van der Waals surface area contributed by atoms with Crippen LogP contribution in [-0.2, 0) is 24.1 Å². The van der Waals surface area contributed by atoms with E-state index in [9.17, 15) is 9.59 Å². The van der Waals surface area contributed by atoms with Crippen LogP contribution in [0.25, 0.3) is 10.4 Å². The van der Waals surface area contributed by atoms with Crippen LogP contribution in [0, 0.1) is 0 Å². The molecule has 4 nitrogen and oxygen atoms in total. The molecule has 2 N–H and O–H groups in total. The fourth-order valence-corrected chi connectivity index (χ4v) is 4.99. The van der Waals surface area contributed by atoms with Crippen LogP contribution in [0.5, 0.6) is 5.75 Å². The van der Waals surface area contributed by atoms with E-state index < -0.39 is 0 Å². The first kappa shape index (κ1) is 18.4. The summed E-state index contributed by atoms with van der Waals surface area (Å²) in [6.45, 7) is 0. The topological polar surface area (TPSA) is 69.4 Å². The highest BCUT2D eigenvalue weighted by Crippen LogP contribution is 2.40. The van der Waals surface area contributed by atoms with Crippen molar-refractivity contribution in [2.45, 2.75) is 32.1 Å². The Morgan fingerprint density at radius 3 is 2.39 bits per heavy atom. The highest BCUT2D eigenvalue weighted by atomic mass is 32.1. The first-order valence-corrected chi connectivity index (χ1v) is 10.2. The van der Waals surface area contributed by atoms with Crippen molar-refractivity contribution >= 4 is 23.2 Å². The molecule has 3 aromatic rings. The molecule has 0 saturated carbocycles. The van der Waals surface area contributed by atoms with Crippen LogP contribution in [0.3, 0.4) is 0 Å². The van der Waals surface area contributed by atoms with Gasteiger partial charge < -0.3 is 10.5 Å². The van der Waals surface area contributed by atoms with Crippen LogP contribution < -0.4 is 10.5 Å². The number of amides is 1. The lowest BCUT2D eigenvalue weighted by Crippen LogP contribution is -2.14. The monoisotopic (exact) mass is 391 g/mol. The van der Waals surface area contributed by atoms with Crippen molar-refractivity contribution in [3.8, 4) is 16.2 Å². The Bertz CT molecular complexity index is 1010. The number of thiophene rings is 1. The number of nitrogens with two attached hydrogens (primary N) is 1. The number of carbonyl (C=O) groups is 2. The number of carbonyl (C=O) groups excluding carboxylic acids is 2. The Hall–Kier alpha value is -2.92. The summed E-state index contributed by atoms with van der Waals surface area (Å²) in [5.74, 6) is -0.240. The molecule has 0 fully saturated rings. The smallest absolute Gasteiger partial charge is 0.345 e. The van der Waals surface area contributed by atoms with Gasteiger partial charge in [-0.05, 0) is 54.5 Å². The Labute approximate surface area is 168 Å². The van der Waals surface area contributed by atoms with Crippen molar-refractivity contribution in [3.05, 3.63) is 76.2 Å². The summed E-state index contributed by atoms with van der Waals surface area (Å²) in [5.41, 5.74) is 8.91. The number of primary amides is 1. The van der Waals surface area contributed by atoms with Crippen LogP contribution in [0.15, 0.2) is 54.6 Å². The van der Waals surface area contributed by atoms with E-state index in [2.05, 4.69) is 0 Å². The SMILES string of the molecule is NC(=O)Cc1ccc(OC(=O)c2c(-c3ccccc3)sc3c2CCCC3)cc1. The number of hydrogen-bond donors (Lipinski definition) is 1. The lowest BCUT2D eigenvalue weighted by molar-refractivity contribution is -0.117. The number of rotatable bonds is 5. The Balaban J connectivity index is 1.65. The maximum atomic E-state index is 13.1. The first-order valence-electron chi connectivity index (χ1n) is 9.41. The molecule has 0 spiro atoms. The zero-order valence-electron chi connectivity index (χ0n) is 15.4. The van der Waals surface area contributed by atoms with E-state index in [1.54, 1.807) is 35.6 Å². The van der Waals surface area contributed by atoms with E-state index in [4.69, 9.17) is 10.5 Å². The predicted molar refractivity (Wildman–Crippen MR) is 111 cm³/mol. The molecule has 5 heteroatoms. The largest absolute Gasteiger partial charge is 0.423 e. The van der Waals surface area contributed by atoms with Crippen LogP contribution in [-0.4, -0.2) is 11.9 Å². The van der Waals surface area contributed by atoms with Crippen LogP contribution in [0.1, 0.15) is 39.2 Å². The van der Waals surface area contributed by atoms with Crippen LogP contribution in [0.4, 0.5) is 0 Å². The lowest BCUT2D eigenvalue weighted by Gasteiger charge is -2.13. The molecule has 2 aromatic carbocycles. The van der Waals surface area contributed by atoms with Gasteiger partial charge in [-0.3, -0.25) is 4.79 Å². The van der Waals surface area contributed by atoms with Gasteiger partial charge in [0.05, 0.1) is 12.0 Å². The van der Waals surface area contributed by atoms with Crippen molar-refractivity contribution in [2.75, 3.05) is 0 Å². The van der Waals surface area contributed by atoms with E-state index >= 15 is 0 Å². The highest BCUT2D eigenvalue weighted by molar-refractivity contribution is 7.16. The van der Waals surface area contributed by atoms with Gasteiger partial charge in [-0.15, -0.1) is 11.3 Å². The van der Waals surface area contributed by atoms with Crippen molar-refractivity contribution in [1.82, 2.24) is 0 Å². The number of fused-ring (bicyclic) bond motifs is 1. The molecule has 142 valence electrons. The quantitative estimate of drug-likeness (QED) is 0.513. The number of ether oxygens (including phenoxy) is 1. The molecular formula is C23H21NO3S. The normalized spacial score (nSPS) is 13.0. The highest BCUT2D eigenvalue weighted by Gasteiger charge is 2.27. The average molecular weight is 391 g/mol. The van der Waals surface area contributed by atoms with Crippen molar-refractivity contribution in [3.63, 3.8) is 0 Å². The summed E-state index contributed by atoms with van der Waals surface area (Å²) < 4.78 is 5.70. The van der Waals surface area contributed by atoms with Gasteiger partial charge in [-0.25, -0.2) is 4.79 Å². The van der Waals surface area contributed by atoms with Gasteiger partial charge in [-0.1, -0.05) is 42.5 Å². The Morgan fingerprint density at radius 1 is 0.964 bits per heavy atom. The second kappa shape index (κ2) is 7.98. The predicted octanol–water partition coefficient (Wildman–Crippen LogP) is 4.54. The van der Waals surface area contributed by atoms with Gasteiger partial charge in [0, 0.05) is 9.75 Å². The van der Waals surface area contributed by atoms with Gasteiger partial charge >= 0.3 is 5.97 Å². The number of aryl methyl sites for hydroxylation is 1. The summed E-state index contributed by atoms with van der Waals surface area (Å²) in [4.78, 5) is 26.4. The van der Waals surface area contributed by atoms with E-state index in [-0.39, 0.29) is 18.3 Å². The van der Waals surface area contributed by atoms with E-state index in [0.29, 0.717) is 11.3 Å². The van der Waals surface area contributed by atoms with Crippen molar-refractivity contribution in [1.29, 1.82) is 0 Å². The molecule has 0 bridgehead atoms. The molecule has 4 rings (SSSR count). The molecule has 0 aliphatic heterocycles. The van der Waals surface area contributed by atoms with Gasteiger partial charge in [0.1, 0.15) is 5.75 Å². The minimum Gasteiger partial charge on any atom is -0.423 e. The third kappa shape index (κ3) is 3.85. The first-order chi connectivity index (χ1) is 13.6. The summed E-state index contributed by atoms with van der Waals surface area (Å²) >= 11 is 1.71. The van der Waals surface area contributed by atoms with Crippen molar-refractivity contribution in [2.24, 2.45) is 5.73 Å². The molecule has 28 heavy (non-hydrogen) atoms. The van der Waals surface area contributed by atoms with Gasteiger partial charge in [0.2, 0.25) is 5.91 Å². The third-order valence-corrected chi connectivity index (χ3v) is 6.26. The molecule has 1 amide bonds. The average Bonchev–Trinajstić information content (AvgIpc) is 3.09. The van der Waals surface area contributed by atoms with E-state index in [0.717, 1.165) is 47.3 Å². The summed E-state index contributed by atoms with van der Waals surface area (Å²) in [6, 6.07) is 16.9. The molecule has 1 aromatic heterocycles. The molecule has 0 atom stereocenters. The number of esters is 1. The van der Waals surface area contributed by atoms with Gasteiger partial charge in [0.25, 0.3) is 0 Å². The molecular weight excluding hydrogens is 370 g/mol. The zero-order valence-corrected chi connectivity index (χ0v) is 16.3. The maximum absolute atomic E-state index is 13.1. The summed E-state index contributed by atoms with van der Waals surface area (Å²) in [5, 5.41) is 0. The molecule has 1 heterocycles. The standard InChI is InChI=1S/C23H21NO3S/c24-20(25)14-15-10-12-17(13-11-15)27-23(26)21-18-8-4-5-9-19(18)28-22(21)16-6-2-1-3-7-16/h1-3,6-7,10-13H,4-5,8-9,14H2,(H2,24,25). The van der Waals surface area contributed by atoms with Gasteiger partial charge in [0.15, 0.2) is 0 Å². The fourth-order valence-electron chi connectivity index (χ4n) is 3.61. The van der Waals surface area contributed by atoms with Crippen LogP contribution in [0.2, 0.25) is 0 Å². The van der Waals surface area contributed by atoms with Crippen LogP contribution >= 0.6 is 11.3 Å². The molecule has 1 aliphatic carbocycles. The molecule has 0 unspecified atom stereocenters.